The first-order valence-electron chi connectivity index (χ1n) is 7.00. The Morgan fingerprint density at radius 1 is 1.35 bits per heavy atom. The molecule has 0 aromatic heterocycles. The van der Waals surface area contributed by atoms with Crippen molar-refractivity contribution in [3.8, 4) is 5.75 Å². The van der Waals surface area contributed by atoms with Gasteiger partial charge in [0.15, 0.2) is 0 Å². The maximum atomic E-state index is 11.7. The molecule has 1 fully saturated rings. The number of benzene rings is 1. The average molecular weight is 297 g/mol. The lowest BCUT2D eigenvalue weighted by atomic mass is 9.81. The van der Waals surface area contributed by atoms with Crippen LogP contribution in [0.15, 0.2) is 24.3 Å². The Morgan fingerprint density at radius 3 is 2.75 bits per heavy atom. The van der Waals surface area contributed by atoms with Crippen LogP contribution in [0, 0.1) is 5.92 Å². The van der Waals surface area contributed by atoms with Crippen LogP contribution in [0.4, 0.5) is 0 Å². The van der Waals surface area contributed by atoms with E-state index in [0.29, 0.717) is 6.42 Å². The zero-order valence-electron chi connectivity index (χ0n) is 12.1. The predicted octanol–water partition coefficient (Wildman–Crippen LogP) is 2.30. The van der Waals surface area contributed by atoms with Crippen molar-refractivity contribution in [2.75, 3.05) is 13.4 Å². The minimum absolute atomic E-state index is 0.130. The molecule has 5 heteroatoms. The van der Waals surface area contributed by atoms with Crippen LogP contribution in [0.25, 0.3) is 0 Å². The highest BCUT2D eigenvalue weighted by Crippen LogP contribution is 2.36. The van der Waals surface area contributed by atoms with Gasteiger partial charge < -0.3 is 10.5 Å². The molecule has 1 aromatic carbocycles. The van der Waals surface area contributed by atoms with Crippen LogP contribution >= 0.6 is 0 Å². The molecule has 1 aromatic rings. The molecule has 0 bridgehead atoms. The Kier molecular flexibility index (Phi) is 4.70. The van der Waals surface area contributed by atoms with E-state index in [1.54, 1.807) is 7.11 Å². The summed E-state index contributed by atoms with van der Waals surface area (Å²) in [5, 5.41) is -0.238. The minimum Gasteiger partial charge on any atom is -0.497 e. The van der Waals surface area contributed by atoms with Gasteiger partial charge in [0.2, 0.25) is 0 Å². The van der Waals surface area contributed by atoms with Gasteiger partial charge in [-0.15, -0.1) is 0 Å². The Hall–Kier alpha value is -1.07. The van der Waals surface area contributed by atoms with Gasteiger partial charge in [-0.25, -0.2) is 8.42 Å². The molecule has 2 N–H and O–H groups in total. The van der Waals surface area contributed by atoms with E-state index in [2.05, 4.69) is 0 Å². The van der Waals surface area contributed by atoms with E-state index >= 15 is 0 Å². The van der Waals surface area contributed by atoms with Crippen molar-refractivity contribution in [2.45, 2.75) is 37.0 Å². The summed E-state index contributed by atoms with van der Waals surface area (Å²) in [6.07, 6.45) is 4.68. The topological polar surface area (TPSA) is 69.4 Å². The minimum atomic E-state index is -2.97. The highest BCUT2D eigenvalue weighted by atomic mass is 32.2. The molecular formula is C15H23NO3S. The number of rotatable bonds is 4. The quantitative estimate of drug-likeness (QED) is 0.926. The lowest BCUT2D eigenvalue weighted by Gasteiger charge is -2.32. The molecule has 112 valence electrons. The van der Waals surface area contributed by atoms with Gasteiger partial charge in [-0.1, -0.05) is 18.6 Å². The van der Waals surface area contributed by atoms with Crippen molar-refractivity contribution >= 4 is 9.84 Å². The van der Waals surface area contributed by atoms with Crippen LogP contribution in [0.5, 0.6) is 5.75 Å². The zero-order valence-corrected chi connectivity index (χ0v) is 12.9. The standard InChI is InChI=1S/C15H23NO3S/c1-19-13-7-3-5-11(9-13)15(16)12-6-4-8-14(10-12)20(2,17)18/h3,5,7,9,12,14-15H,4,6,8,10,16H2,1-2H3. The van der Waals surface area contributed by atoms with E-state index in [9.17, 15) is 8.42 Å². The van der Waals surface area contributed by atoms with Gasteiger partial charge >= 0.3 is 0 Å². The molecule has 20 heavy (non-hydrogen) atoms. The second-order valence-corrected chi connectivity index (χ2v) is 8.01. The normalized spacial score (nSPS) is 25.1. The first-order valence-corrected chi connectivity index (χ1v) is 8.95. The number of ether oxygens (including phenoxy) is 1. The van der Waals surface area contributed by atoms with Gasteiger partial charge in [0.1, 0.15) is 15.6 Å². The number of methoxy groups -OCH3 is 1. The van der Waals surface area contributed by atoms with Crippen molar-refractivity contribution < 1.29 is 13.2 Å². The van der Waals surface area contributed by atoms with Crippen molar-refractivity contribution in [3.63, 3.8) is 0 Å². The van der Waals surface area contributed by atoms with Crippen LogP contribution < -0.4 is 10.5 Å². The molecule has 0 radical (unpaired) electrons. The predicted molar refractivity (Wildman–Crippen MR) is 80.5 cm³/mol. The maximum Gasteiger partial charge on any atom is 0.150 e. The van der Waals surface area contributed by atoms with Gasteiger partial charge in [0.05, 0.1) is 12.4 Å². The summed E-state index contributed by atoms with van der Waals surface area (Å²) >= 11 is 0. The average Bonchev–Trinajstić information content (AvgIpc) is 2.46. The van der Waals surface area contributed by atoms with E-state index in [1.807, 2.05) is 24.3 Å². The van der Waals surface area contributed by atoms with E-state index < -0.39 is 9.84 Å². The molecule has 0 heterocycles. The van der Waals surface area contributed by atoms with Crippen molar-refractivity contribution in [2.24, 2.45) is 11.7 Å². The summed E-state index contributed by atoms with van der Waals surface area (Å²) in [5.74, 6) is 1.00. The van der Waals surface area contributed by atoms with E-state index in [4.69, 9.17) is 10.5 Å². The molecule has 0 saturated heterocycles. The van der Waals surface area contributed by atoms with Gasteiger partial charge in [0, 0.05) is 12.3 Å². The lowest BCUT2D eigenvalue weighted by molar-refractivity contribution is 0.308. The number of sulfone groups is 1. The molecule has 3 atom stereocenters. The Morgan fingerprint density at radius 2 is 2.10 bits per heavy atom. The van der Waals surface area contributed by atoms with Crippen molar-refractivity contribution in [1.29, 1.82) is 0 Å². The highest BCUT2D eigenvalue weighted by molar-refractivity contribution is 7.91. The fourth-order valence-corrected chi connectivity index (χ4v) is 4.21. The maximum absolute atomic E-state index is 11.7. The van der Waals surface area contributed by atoms with Gasteiger partial charge in [-0.2, -0.15) is 0 Å². The largest absolute Gasteiger partial charge is 0.497 e. The smallest absolute Gasteiger partial charge is 0.150 e. The monoisotopic (exact) mass is 297 g/mol. The van der Waals surface area contributed by atoms with Crippen LogP contribution in [-0.4, -0.2) is 27.0 Å². The lowest BCUT2D eigenvalue weighted by Crippen LogP contribution is -2.32. The zero-order chi connectivity index (χ0) is 14.8. The third kappa shape index (κ3) is 3.52. The van der Waals surface area contributed by atoms with Crippen LogP contribution in [0.2, 0.25) is 0 Å². The summed E-state index contributed by atoms with van der Waals surface area (Å²) in [7, 11) is -1.34. The highest BCUT2D eigenvalue weighted by Gasteiger charge is 2.32. The first kappa shape index (κ1) is 15.3. The fraction of sp³-hybridized carbons (Fsp3) is 0.600. The summed E-state index contributed by atoms with van der Waals surface area (Å²) in [6, 6.07) is 7.60. The third-order valence-corrected chi connectivity index (χ3v) is 5.90. The molecule has 1 saturated carbocycles. The fourth-order valence-electron chi connectivity index (χ4n) is 3.02. The third-order valence-electron chi connectivity index (χ3n) is 4.26. The van der Waals surface area contributed by atoms with E-state index in [1.165, 1.54) is 6.26 Å². The Labute approximate surface area is 121 Å². The second kappa shape index (κ2) is 6.14. The number of hydrogen-bond donors (Lipinski definition) is 1. The molecule has 0 spiro atoms. The molecule has 2 rings (SSSR count). The molecule has 4 nitrogen and oxygen atoms in total. The molecule has 3 unspecified atom stereocenters. The first-order chi connectivity index (χ1) is 9.41. The second-order valence-electron chi connectivity index (χ2n) is 5.68. The van der Waals surface area contributed by atoms with E-state index in [-0.39, 0.29) is 17.2 Å². The molecule has 0 aliphatic heterocycles. The summed E-state index contributed by atoms with van der Waals surface area (Å²) in [6.45, 7) is 0. The Bertz CT molecular complexity index is 556. The van der Waals surface area contributed by atoms with Crippen molar-refractivity contribution in [1.82, 2.24) is 0 Å². The van der Waals surface area contributed by atoms with Gasteiger partial charge in [-0.05, 0) is 42.9 Å². The van der Waals surface area contributed by atoms with Crippen LogP contribution in [-0.2, 0) is 9.84 Å². The van der Waals surface area contributed by atoms with Crippen LogP contribution in [0.1, 0.15) is 37.3 Å². The van der Waals surface area contributed by atoms with Gasteiger partial charge in [0.25, 0.3) is 0 Å². The molecular weight excluding hydrogens is 274 g/mol. The SMILES string of the molecule is COc1cccc(C(N)C2CCCC(S(C)(=O)=O)C2)c1. The molecule has 1 aliphatic carbocycles. The number of hydrogen-bond acceptors (Lipinski definition) is 4. The number of nitrogens with two attached hydrogens (primary N) is 1. The van der Waals surface area contributed by atoms with Crippen LogP contribution in [0.3, 0.4) is 0 Å². The summed E-state index contributed by atoms with van der Waals surface area (Å²) < 4.78 is 28.7. The molecule has 0 amide bonds. The van der Waals surface area contributed by atoms with Crippen molar-refractivity contribution in [3.05, 3.63) is 29.8 Å². The summed E-state index contributed by atoms with van der Waals surface area (Å²) in [5.41, 5.74) is 7.37. The Balaban J connectivity index is 2.13. The summed E-state index contributed by atoms with van der Waals surface area (Å²) in [4.78, 5) is 0. The van der Waals surface area contributed by atoms with E-state index in [0.717, 1.165) is 30.6 Å². The van der Waals surface area contributed by atoms with Gasteiger partial charge in [-0.3, -0.25) is 0 Å². The molecule has 1 aliphatic rings.